The number of aliphatic hydroxyl groups is 2. The Kier molecular flexibility index (Phi) is 11.5. The zero-order valence-electron chi connectivity index (χ0n) is 28.6. The third-order valence-electron chi connectivity index (χ3n) is 9.47. The van der Waals surface area contributed by atoms with E-state index < -0.39 is 36.3 Å². The molecule has 0 aliphatic carbocycles. The van der Waals surface area contributed by atoms with Gasteiger partial charge in [0.2, 0.25) is 5.91 Å². The molecule has 11 nitrogen and oxygen atoms in total. The highest BCUT2D eigenvalue weighted by atomic mass is 16.7. The number of anilines is 1. The number of hydrogen-bond acceptors (Lipinski definition) is 9. The van der Waals surface area contributed by atoms with E-state index in [1.807, 2.05) is 98.9 Å². The number of carbonyl (C=O) groups is 3. The van der Waals surface area contributed by atoms with E-state index in [9.17, 15) is 24.6 Å². The number of carbonyl (C=O) groups excluding carboxylic acids is 3. The van der Waals surface area contributed by atoms with E-state index >= 15 is 0 Å². The number of imide groups is 1. The Morgan fingerprint density at radius 3 is 2.22 bits per heavy atom. The number of aliphatic hydroxyl groups excluding tert-OH is 2. The van der Waals surface area contributed by atoms with Gasteiger partial charge in [-0.1, -0.05) is 97.1 Å². The highest BCUT2D eigenvalue weighted by Gasteiger charge is 2.41. The molecule has 1 unspecified atom stereocenters. The van der Waals surface area contributed by atoms with Crippen molar-refractivity contribution in [3.63, 3.8) is 0 Å². The molecule has 11 heteroatoms. The van der Waals surface area contributed by atoms with Crippen molar-refractivity contribution in [1.29, 1.82) is 0 Å². The van der Waals surface area contributed by atoms with Gasteiger partial charge < -0.3 is 29.7 Å². The van der Waals surface area contributed by atoms with E-state index in [0.29, 0.717) is 24.2 Å². The molecule has 6 atom stereocenters. The number of ether oxygens (including phenoxy) is 3. The van der Waals surface area contributed by atoms with E-state index in [1.165, 1.54) is 0 Å². The van der Waals surface area contributed by atoms with Gasteiger partial charge in [-0.05, 0) is 48.4 Å². The maximum Gasteiger partial charge on any atom is 0.408 e. The van der Waals surface area contributed by atoms with Crippen LogP contribution in [0, 0.1) is 0 Å². The Morgan fingerprint density at radius 1 is 0.902 bits per heavy atom. The zero-order valence-corrected chi connectivity index (χ0v) is 28.6. The summed E-state index contributed by atoms with van der Waals surface area (Å²) in [4.78, 5) is 41.7. The van der Waals surface area contributed by atoms with Crippen molar-refractivity contribution in [3.8, 4) is 0 Å². The van der Waals surface area contributed by atoms with Crippen LogP contribution in [0.4, 0.5) is 10.5 Å². The van der Waals surface area contributed by atoms with E-state index in [1.54, 1.807) is 24.3 Å². The second-order valence-electron chi connectivity index (χ2n) is 13.0. The van der Waals surface area contributed by atoms with Crippen LogP contribution in [-0.2, 0) is 37.0 Å². The molecular weight excluding hydrogens is 650 g/mol. The van der Waals surface area contributed by atoms with Crippen LogP contribution in [0.2, 0.25) is 0 Å². The summed E-state index contributed by atoms with van der Waals surface area (Å²) < 4.78 is 18.2. The lowest BCUT2D eigenvalue weighted by molar-refractivity contribution is -0.253. The van der Waals surface area contributed by atoms with Crippen LogP contribution in [0.25, 0.3) is 0 Å². The maximum absolute atomic E-state index is 13.2. The van der Waals surface area contributed by atoms with Gasteiger partial charge in [0.05, 0.1) is 37.0 Å². The molecule has 0 bridgehead atoms. The van der Waals surface area contributed by atoms with Gasteiger partial charge in [-0.25, -0.2) is 9.69 Å². The summed E-state index contributed by atoms with van der Waals surface area (Å²) >= 11 is 0. The van der Waals surface area contributed by atoms with Gasteiger partial charge in [0.25, 0.3) is 5.91 Å². The fourth-order valence-electron chi connectivity index (χ4n) is 6.39. The van der Waals surface area contributed by atoms with Crippen LogP contribution in [0.3, 0.4) is 0 Å². The van der Waals surface area contributed by atoms with Crippen LogP contribution in [0.1, 0.15) is 66.1 Å². The lowest BCUT2D eigenvalue weighted by atomic mass is 9.98. The first-order valence-electron chi connectivity index (χ1n) is 17.1. The first-order valence-corrected chi connectivity index (χ1v) is 17.1. The highest BCUT2D eigenvalue weighted by Crippen LogP contribution is 2.39. The molecule has 2 aliphatic heterocycles. The molecule has 2 saturated heterocycles. The number of nitrogens with one attached hydrogen (secondary N) is 1. The van der Waals surface area contributed by atoms with E-state index in [2.05, 4.69) is 10.2 Å². The number of hydrogen-bond donors (Lipinski definition) is 3. The van der Waals surface area contributed by atoms with Gasteiger partial charge in [-0.15, -0.1) is 0 Å². The van der Waals surface area contributed by atoms with Crippen molar-refractivity contribution in [3.05, 3.63) is 137 Å². The molecule has 0 aromatic heterocycles. The van der Waals surface area contributed by atoms with Crippen molar-refractivity contribution >= 4 is 23.6 Å². The van der Waals surface area contributed by atoms with Gasteiger partial charge in [-0.3, -0.25) is 14.5 Å². The number of rotatable bonds is 12. The van der Waals surface area contributed by atoms with Gasteiger partial charge in [0, 0.05) is 24.6 Å². The number of amides is 3. The summed E-state index contributed by atoms with van der Waals surface area (Å²) in [7, 11) is 1.96. The summed E-state index contributed by atoms with van der Waals surface area (Å²) in [5.74, 6) is -0.983. The molecule has 3 amide bonds. The molecule has 2 heterocycles. The number of likely N-dealkylation sites (N-methyl/N-ethyl adjacent to an activating group) is 1. The quantitative estimate of drug-likeness (QED) is 0.168. The number of alkyl carbamates (subject to hydrolysis) is 1. The molecule has 2 fully saturated rings. The summed E-state index contributed by atoms with van der Waals surface area (Å²) in [6, 6.07) is 31.9. The molecule has 51 heavy (non-hydrogen) atoms. The van der Waals surface area contributed by atoms with Gasteiger partial charge >= 0.3 is 6.09 Å². The topological polar surface area (TPSA) is 138 Å². The van der Waals surface area contributed by atoms with E-state index in [4.69, 9.17) is 14.2 Å². The predicted molar refractivity (Wildman–Crippen MR) is 189 cm³/mol. The average Bonchev–Trinajstić information content (AvgIpc) is 3.45. The molecule has 0 saturated carbocycles. The monoisotopic (exact) mass is 693 g/mol. The summed E-state index contributed by atoms with van der Waals surface area (Å²) in [5.41, 5.74) is 4.43. The van der Waals surface area contributed by atoms with Crippen molar-refractivity contribution < 1.29 is 38.8 Å². The minimum absolute atomic E-state index is 0.0403. The average molecular weight is 694 g/mol. The molecule has 0 radical (unpaired) electrons. The first-order chi connectivity index (χ1) is 24.7. The second kappa shape index (κ2) is 16.4. The molecule has 4 aromatic carbocycles. The third-order valence-corrected chi connectivity index (χ3v) is 9.47. The molecule has 2 aliphatic rings. The largest absolute Gasteiger partial charge is 0.445 e. The summed E-state index contributed by atoms with van der Waals surface area (Å²) in [5, 5.41) is 23.1. The van der Waals surface area contributed by atoms with Crippen LogP contribution >= 0.6 is 0 Å². The standard InChI is InChI=1S/C40H43N3O8/c1-26(37(46)30-11-7-4-8-12-30)42(2)23-33-21-35(29-15-13-27(24-44)14-16-29)51-39(50-33)31-17-19-32(20-18-31)43-36(45)22-34(38(43)47)41-40(48)49-25-28-9-5-3-6-10-28/h3-20,26,33-35,37,39,44,46H,21-25H2,1-2H3,(H,41,48)/t26-,33+,34?,35-,37-,39-/m1/s1. The minimum Gasteiger partial charge on any atom is -0.445 e. The Hall–Kier alpha value is -4.91. The Balaban J connectivity index is 1.13. The lowest BCUT2D eigenvalue weighted by Gasteiger charge is -2.39. The minimum atomic E-state index is -1.04. The summed E-state index contributed by atoms with van der Waals surface area (Å²) in [6.07, 6.45) is -2.44. The van der Waals surface area contributed by atoms with Gasteiger partial charge in [0.15, 0.2) is 6.29 Å². The lowest BCUT2D eigenvalue weighted by Crippen LogP contribution is -2.43. The maximum atomic E-state index is 13.2. The van der Waals surface area contributed by atoms with E-state index in [-0.39, 0.29) is 37.9 Å². The van der Waals surface area contributed by atoms with Crippen LogP contribution in [0.5, 0.6) is 0 Å². The van der Waals surface area contributed by atoms with Crippen LogP contribution in [0.15, 0.2) is 109 Å². The molecule has 3 N–H and O–H groups in total. The van der Waals surface area contributed by atoms with Crippen LogP contribution in [-0.4, -0.2) is 64.8 Å². The smallest absolute Gasteiger partial charge is 0.408 e. The second-order valence-corrected chi connectivity index (χ2v) is 13.0. The Bertz CT molecular complexity index is 1770. The normalized spacial score (nSPS) is 21.8. The molecular formula is C40H43N3O8. The third kappa shape index (κ3) is 8.70. The van der Waals surface area contributed by atoms with Gasteiger partial charge in [0.1, 0.15) is 12.6 Å². The predicted octanol–water partition coefficient (Wildman–Crippen LogP) is 5.34. The molecule has 4 aromatic rings. The number of nitrogens with zero attached hydrogens (tertiary/aromatic N) is 2. The molecule has 6 rings (SSSR count). The Morgan fingerprint density at radius 2 is 1.55 bits per heavy atom. The summed E-state index contributed by atoms with van der Waals surface area (Å²) in [6.45, 7) is 2.48. The molecule has 266 valence electrons. The van der Waals surface area contributed by atoms with E-state index in [0.717, 1.165) is 27.2 Å². The van der Waals surface area contributed by atoms with Crippen molar-refractivity contribution in [2.45, 2.75) is 69.7 Å². The fraction of sp³-hybridized carbons (Fsp3) is 0.325. The first kappa shape index (κ1) is 35.9. The SMILES string of the molecule is C[C@H]([C@@H](O)c1ccccc1)N(C)C[C@@H]1C[C@H](c2ccc(CO)cc2)O[C@H](c2ccc(N3C(=O)CC(NC(=O)OCc4ccccc4)C3=O)cc2)O1. The fourth-order valence-corrected chi connectivity index (χ4v) is 6.39. The van der Waals surface area contributed by atoms with Crippen molar-refractivity contribution in [2.24, 2.45) is 0 Å². The van der Waals surface area contributed by atoms with Crippen LogP contribution < -0.4 is 10.2 Å². The highest BCUT2D eigenvalue weighted by molar-refractivity contribution is 6.22. The van der Waals surface area contributed by atoms with Crippen molar-refractivity contribution in [1.82, 2.24) is 10.2 Å². The Labute approximate surface area is 297 Å². The zero-order chi connectivity index (χ0) is 35.9. The van der Waals surface area contributed by atoms with Gasteiger partial charge in [-0.2, -0.15) is 0 Å². The number of benzene rings is 4. The molecule has 0 spiro atoms. The van der Waals surface area contributed by atoms with Crippen molar-refractivity contribution in [2.75, 3.05) is 18.5 Å².